The lowest BCUT2D eigenvalue weighted by Gasteiger charge is -2.36. The molecule has 2 rings (SSSR count). The van der Waals surface area contributed by atoms with Gasteiger partial charge in [-0.05, 0) is 36.5 Å². The fourth-order valence-electron chi connectivity index (χ4n) is 1.88. The van der Waals surface area contributed by atoms with Crippen molar-refractivity contribution in [1.82, 2.24) is 5.32 Å². The fraction of sp³-hybridized carbons (Fsp3) is 0.500. The standard InChI is InChI=1S/C12H17N/c1-8-4-5-11(6-9(8)2)12-10(3)7-13-12/h4-6,10,12-13H,7H2,1-3H3. The number of nitrogens with one attached hydrogen (secondary N) is 1. The maximum Gasteiger partial charge on any atom is 0.0358 e. The molecule has 0 aromatic heterocycles. The Morgan fingerprint density at radius 1 is 1.23 bits per heavy atom. The topological polar surface area (TPSA) is 12.0 Å². The SMILES string of the molecule is Cc1ccc(C2NCC2C)cc1C. The molecule has 0 bridgehead atoms. The summed E-state index contributed by atoms with van der Waals surface area (Å²) in [6.07, 6.45) is 0. The first-order valence-electron chi connectivity index (χ1n) is 4.99. The molecule has 1 aliphatic rings. The van der Waals surface area contributed by atoms with E-state index in [1.54, 1.807) is 0 Å². The van der Waals surface area contributed by atoms with E-state index in [1.807, 2.05) is 0 Å². The zero-order chi connectivity index (χ0) is 9.42. The molecule has 2 atom stereocenters. The summed E-state index contributed by atoms with van der Waals surface area (Å²) in [7, 11) is 0. The first-order valence-corrected chi connectivity index (χ1v) is 4.99. The molecule has 0 radical (unpaired) electrons. The van der Waals surface area contributed by atoms with Crippen LogP contribution in [0.5, 0.6) is 0 Å². The lowest BCUT2D eigenvalue weighted by molar-refractivity contribution is 0.258. The molecule has 0 spiro atoms. The monoisotopic (exact) mass is 175 g/mol. The van der Waals surface area contributed by atoms with Gasteiger partial charge in [0.05, 0.1) is 0 Å². The van der Waals surface area contributed by atoms with Crippen LogP contribution in [0.2, 0.25) is 0 Å². The van der Waals surface area contributed by atoms with Gasteiger partial charge in [0, 0.05) is 12.6 Å². The van der Waals surface area contributed by atoms with Gasteiger partial charge in [-0.2, -0.15) is 0 Å². The van der Waals surface area contributed by atoms with Crippen LogP contribution >= 0.6 is 0 Å². The second-order valence-electron chi connectivity index (χ2n) is 4.21. The molecule has 1 nitrogen and oxygen atoms in total. The van der Waals surface area contributed by atoms with E-state index in [1.165, 1.54) is 16.7 Å². The molecule has 70 valence electrons. The van der Waals surface area contributed by atoms with Crippen molar-refractivity contribution >= 4 is 0 Å². The van der Waals surface area contributed by atoms with E-state index >= 15 is 0 Å². The molecular formula is C12H17N. The predicted octanol–water partition coefficient (Wildman–Crippen LogP) is 2.58. The molecule has 0 saturated carbocycles. The minimum atomic E-state index is 0.597. The molecular weight excluding hydrogens is 158 g/mol. The van der Waals surface area contributed by atoms with E-state index in [4.69, 9.17) is 0 Å². The van der Waals surface area contributed by atoms with Gasteiger partial charge in [0.2, 0.25) is 0 Å². The molecule has 1 aromatic carbocycles. The Hall–Kier alpha value is -0.820. The average Bonchev–Trinajstić information content (AvgIpc) is 2.09. The summed E-state index contributed by atoms with van der Waals surface area (Å²) in [5.41, 5.74) is 4.23. The Labute approximate surface area is 80.2 Å². The molecule has 1 heterocycles. The predicted molar refractivity (Wildman–Crippen MR) is 55.8 cm³/mol. The summed E-state index contributed by atoms with van der Waals surface area (Å²) >= 11 is 0. The maximum atomic E-state index is 3.46. The van der Waals surface area contributed by atoms with E-state index in [9.17, 15) is 0 Å². The van der Waals surface area contributed by atoms with E-state index in [-0.39, 0.29) is 0 Å². The molecule has 0 amide bonds. The van der Waals surface area contributed by atoms with Gasteiger partial charge in [0.25, 0.3) is 0 Å². The molecule has 1 fully saturated rings. The first kappa shape index (κ1) is 8.76. The van der Waals surface area contributed by atoms with Crippen LogP contribution in [-0.4, -0.2) is 6.54 Å². The van der Waals surface area contributed by atoms with Crippen LogP contribution in [0.1, 0.15) is 29.7 Å². The Morgan fingerprint density at radius 3 is 2.46 bits per heavy atom. The van der Waals surface area contributed by atoms with E-state index in [2.05, 4.69) is 44.3 Å². The Bertz CT molecular complexity index is 317. The van der Waals surface area contributed by atoms with Crippen LogP contribution < -0.4 is 5.32 Å². The number of benzene rings is 1. The second-order valence-corrected chi connectivity index (χ2v) is 4.21. The van der Waals surface area contributed by atoms with E-state index in [0.29, 0.717) is 6.04 Å². The number of hydrogen-bond donors (Lipinski definition) is 1. The van der Waals surface area contributed by atoms with Crippen LogP contribution in [0.15, 0.2) is 18.2 Å². The van der Waals surface area contributed by atoms with Crippen LogP contribution in [0.25, 0.3) is 0 Å². The highest BCUT2D eigenvalue weighted by molar-refractivity contribution is 5.32. The third-order valence-corrected chi connectivity index (χ3v) is 3.12. The highest BCUT2D eigenvalue weighted by Crippen LogP contribution is 2.29. The Morgan fingerprint density at radius 2 is 2.00 bits per heavy atom. The van der Waals surface area contributed by atoms with Crippen LogP contribution in [0.4, 0.5) is 0 Å². The molecule has 1 aliphatic heterocycles. The smallest absolute Gasteiger partial charge is 0.0358 e. The van der Waals surface area contributed by atoms with Gasteiger partial charge in [-0.3, -0.25) is 0 Å². The zero-order valence-corrected chi connectivity index (χ0v) is 8.59. The van der Waals surface area contributed by atoms with Crippen molar-refractivity contribution in [2.45, 2.75) is 26.8 Å². The Balaban J connectivity index is 2.26. The van der Waals surface area contributed by atoms with E-state index < -0.39 is 0 Å². The summed E-state index contributed by atoms with van der Waals surface area (Å²) in [6.45, 7) is 7.81. The van der Waals surface area contributed by atoms with Gasteiger partial charge in [0.1, 0.15) is 0 Å². The minimum Gasteiger partial charge on any atom is -0.309 e. The third-order valence-electron chi connectivity index (χ3n) is 3.12. The summed E-state index contributed by atoms with van der Waals surface area (Å²) in [6, 6.07) is 7.37. The Kier molecular flexibility index (Phi) is 2.12. The van der Waals surface area contributed by atoms with Crippen molar-refractivity contribution in [3.05, 3.63) is 34.9 Å². The number of aryl methyl sites for hydroxylation is 2. The summed E-state index contributed by atoms with van der Waals surface area (Å²) < 4.78 is 0. The first-order chi connectivity index (χ1) is 6.18. The zero-order valence-electron chi connectivity index (χ0n) is 8.59. The molecule has 1 saturated heterocycles. The number of rotatable bonds is 1. The van der Waals surface area contributed by atoms with Crippen molar-refractivity contribution in [3.8, 4) is 0 Å². The van der Waals surface area contributed by atoms with Gasteiger partial charge in [-0.25, -0.2) is 0 Å². The average molecular weight is 175 g/mol. The van der Waals surface area contributed by atoms with Crippen LogP contribution in [0, 0.1) is 19.8 Å². The normalized spacial score (nSPS) is 27.0. The van der Waals surface area contributed by atoms with Gasteiger partial charge in [-0.15, -0.1) is 0 Å². The molecule has 1 aromatic rings. The van der Waals surface area contributed by atoms with Crippen LogP contribution in [-0.2, 0) is 0 Å². The lowest BCUT2D eigenvalue weighted by atomic mass is 9.86. The summed E-state index contributed by atoms with van der Waals surface area (Å²) in [4.78, 5) is 0. The van der Waals surface area contributed by atoms with Crippen molar-refractivity contribution in [2.75, 3.05) is 6.54 Å². The molecule has 13 heavy (non-hydrogen) atoms. The fourth-order valence-corrected chi connectivity index (χ4v) is 1.88. The van der Waals surface area contributed by atoms with Crippen molar-refractivity contribution in [2.24, 2.45) is 5.92 Å². The molecule has 1 heteroatoms. The van der Waals surface area contributed by atoms with Crippen molar-refractivity contribution < 1.29 is 0 Å². The molecule has 0 aliphatic carbocycles. The van der Waals surface area contributed by atoms with Crippen molar-refractivity contribution in [1.29, 1.82) is 0 Å². The van der Waals surface area contributed by atoms with Gasteiger partial charge in [-0.1, -0.05) is 25.1 Å². The second kappa shape index (κ2) is 3.15. The third kappa shape index (κ3) is 1.49. The lowest BCUT2D eigenvalue weighted by Crippen LogP contribution is -2.43. The van der Waals surface area contributed by atoms with Crippen LogP contribution in [0.3, 0.4) is 0 Å². The molecule has 1 N–H and O–H groups in total. The van der Waals surface area contributed by atoms with Gasteiger partial charge >= 0.3 is 0 Å². The number of hydrogen-bond acceptors (Lipinski definition) is 1. The van der Waals surface area contributed by atoms with Gasteiger partial charge < -0.3 is 5.32 Å². The highest BCUT2D eigenvalue weighted by Gasteiger charge is 2.27. The van der Waals surface area contributed by atoms with Gasteiger partial charge in [0.15, 0.2) is 0 Å². The highest BCUT2D eigenvalue weighted by atomic mass is 15.0. The van der Waals surface area contributed by atoms with Crippen molar-refractivity contribution in [3.63, 3.8) is 0 Å². The van der Waals surface area contributed by atoms with E-state index in [0.717, 1.165) is 12.5 Å². The summed E-state index contributed by atoms with van der Waals surface area (Å²) in [5.74, 6) is 0.794. The maximum absolute atomic E-state index is 3.46. The minimum absolute atomic E-state index is 0.597. The largest absolute Gasteiger partial charge is 0.309 e. The molecule has 2 unspecified atom stereocenters. The quantitative estimate of drug-likeness (QED) is 0.691. The summed E-state index contributed by atoms with van der Waals surface area (Å²) in [5, 5.41) is 3.46.